The fourth-order valence-electron chi connectivity index (χ4n) is 2.27. The SMILES string of the molecule is C=C(C)C(=O)CC#Cc1ccc(-c2ccc(C(=O)OCOC(=O)C(=C)C)cc2)cc1. The summed E-state index contributed by atoms with van der Waals surface area (Å²) in [6.45, 7) is 9.76. The number of hydrogen-bond acceptors (Lipinski definition) is 5. The number of carbonyl (C=O) groups is 3. The van der Waals surface area contributed by atoms with Gasteiger partial charge in [-0.1, -0.05) is 49.3 Å². The Bertz CT molecular complexity index is 1030. The summed E-state index contributed by atoms with van der Waals surface area (Å²) in [4.78, 5) is 34.8. The third kappa shape index (κ3) is 6.61. The lowest BCUT2D eigenvalue weighted by atomic mass is 10.0. The van der Waals surface area contributed by atoms with E-state index in [4.69, 9.17) is 9.47 Å². The van der Waals surface area contributed by atoms with Gasteiger partial charge >= 0.3 is 11.9 Å². The highest BCUT2D eigenvalue weighted by atomic mass is 16.7. The lowest BCUT2D eigenvalue weighted by Gasteiger charge is -2.07. The van der Waals surface area contributed by atoms with Gasteiger partial charge in [0.1, 0.15) is 0 Å². The van der Waals surface area contributed by atoms with Crippen LogP contribution in [0, 0.1) is 11.8 Å². The van der Waals surface area contributed by atoms with E-state index in [1.807, 2.05) is 24.3 Å². The van der Waals surface area contributed by atoms with Crippen LogP contribution in [0.25, 0.3) is 11.1 Å². The zero-order chi connectivity index (χ0) is 22.1. The number of esters is 2. The van der Waals surface area contributed by atoms with Gasteiger partial charge in [0.05, 0.1) is 12.0 Å². The Morgan fingerprint density at radius 3 is 1.93 bits per heavy atom. The Morgan fingerprint density at radius 1 is 0.833 bits per heavy atom. The van der Waals surface area contributed by atoms with Crippen LogP contribution in [0.5, 0.6) is 0 Å². The molecule has 0 unspecified atom stereocenters. The minimum Gasteiger partial charge on any atom is -0.425 e. The normalized spacial score (nSPS) is 9.67. The first-order valence-corrected chi connectivity index (χ1v) is 9.15. The van der Waals surface area contributed by atoms with Crippen LogP contribution < -0.4 is 0 Å². The standard InChI is InChI=1S/C25H22O5/c1-17(2)23(26)7-5-6-19-8-10-20(11-9-19)21-12-14-22(15-13-21)25(28)30-16-29-24(27)18(3)4/h8-15H,1,3,7,16H2,2,4H3. The van der Waals surface area contributed by atoms with Crippen LogP contribution in [-0.4, -0.2) is 24.5 Å². The van der Waals surface area contributed by atoms with Gasteiger partial charge in [-0.15, -0.1) is 0 Å². The van der Waals surface area contributed by atoms with Crippen molar-refractivity contribution in [2.45, 2.75) is 20.3 Å². The predicted octanol–water partition coefficient (Wildman–Crippen LogP) is 4.47. The molecule has 152 valence electrons. The molecule has 0 saturated carbocycles. The topological polar surface area (TPSA) is 69.7 Å². The Hall–Kier alpha value is -3.91. The highest BCUT2D eigenvalue weighted by Gasteiger charge is 2.09. The van der Waals surface area contributed by atoms with Crippen molar-refractivity contribution in [3.8, 4) is 23.0 Å². The molecular weight excluding hydrogens is 380 g/mol. The van der Waals surface area contributed by atoms with Gasteiger partial charge in [0.25, 0.3) is 0 Å². The van der Waals surface area contributed by atoms with Gasteiger partial charge in [0, 0.05) is 11.1 Å². The van der Waals surface area contributed by atoms with Crippen molar-refractivity contribution < 1.29 is 23.9 Å². The monoisotopic (exact) mass is 402 g/mol. The lowest BCUT2D eigenvalue weighted by molar-refractivity contribution is -0.147. The summed E-state index contributed by atoms with van der Waals surface area (Å²) >= 11 is 0. The number of allylic oxidation sites excluding steroid dienone is 1. The highest BCUT2D eigenvalue weighted by Crippen LogP contribution is 2.20. The number of hydrogen-bond donors (Lipinski definition) is 0. The molecular formula is C25H22O5. The molecule has 0 fully saturated rings. The van der Waals surface area contributed by atoms with Crippen LogP contribution in [0.2, 0.25) is 0 Å². The molecule has 0 heterocycles. The van der Waals surface area contributed by atoms with Crippen LogP contribution in [0.15, 0.2) is 72.8 Å². The average Bonchev–Trinajstić information content (AvgIpc) is 2.74. The van der Waals surface area contributed by atoms with Crippen molar-refractivity contribution in [1.82, 2.24) is 0 Å². The molecule has 0 aliphatic heterocycles. The summed E-state index contributed by atoms with van der Waals surface area (Å²) in [5, 5.41) is 0. The van der Waals surface area contributed by atoms with Crippen LogP contribution in [0.1, 0.15) is 36.2 Å². The third-order valence-corrected chi connectivity index (χ3v) is 4.03. The van der Waals surface area contributed by atoms with Gasteiger partial charge in [-0.25, -0.2) is 9.59 Å². The zero-order valence-electron chi connectivity index (χ0n) is 17.0. The van der Waals surface area contributed by atoms with Crippen LogP contribution in [0.3, 0.4) is 0 Å². The fraction of sp³-hybridized carbons (Fsp3) is 0.160. The number of ether oxygens (including phenoxy) is 2. The lowest BCUT2D eigenvalue weighted by Crippen LogP contribution is -2.13. The van der Waals surface area contributed by atoms with E-state index in [0.717, 1.165) is 16.7 Å². The van der Waals surface area contributed by atoms with Crippen LogP contribution in [0.4, 0.5) is 0 Å². The summed E-state index contributed by atoms with van der Waals surface area (Å²) in [6.07, 6.45) is 0.154. The molecule has 2 aromatic rings. The number of ketones is 1. The maximum atomic E-state index is 12.0. The second kappa shape index (κ2) is 10.6. The molecule has 0 radical (unpaired) electrons. The van der Waals surface area contributed by atoms with Crippen LogP contribution in [-0.2, 0) is 19.1 Å². The van der Waals surface area contributed by atoms with Crippen molar-refractivity contribution in [2.24, 2.45) is 0 Å². The molecule has 30 heavy (non-hydrogen) atoms. The van der Waals surface area contributed by atoms with Crippen molar-refractivity contribution in [1.29, 1.82) is 0 Å². The largest absolute Gasteiger partial charge is 0.425 e. The quantitative estimate of drug-likeness (QED) is 0.296. The second-order valence-electron chi connectivity index (χ2n) is 6.60. The van der Waals surface area contributed by atoms with Gasteiger partial charge in [0.2, 0.25) is 6.79 Å². The Kier molecular flexibility index (Phi) is 7.90. The molecule has 0 amide bonds. The molecule has 0 atom stereocenters. The minimum atomic E-state index is -0.617. The van der Waals surface area contributed by atoms with Gasteiger partial charge in [0.15, 0.2) is 5.78 Å². The van der Waals surface area contributed by atoms with Gasteiger partial charge < -0.3 is 9.47 Å². The number of rotatable bonds is 7. The summed E-state index contributed by atoms with van der Waals surface area (Å²) < 4.78 is 9.65. The average molecular weight is 402 g/mol. The molecule has 0 aromatic heterocycles. The number of benzene rings is 2. The van der Waals surface area contributed by atoms with Crippen molar-refractivity contribution >= 4 is 17.7 Å². The third-order valence-electron chi connectivity index (χ3n) is 4.03. The zero-order valence-corrected chi connectivity index (χ0v) is 17.0. The van der Waals surface area contributed by atoms with Crippen molar-refractivity contribution in [2.75, 3.05) is 6.79 Å². The van der Waals surface area contributed by atoms with Gasteiger partial charge in [-0.2, -0.15) is 0 Å². The highest BCUT2D eigenvalue weighted by molar-refractivity contribution is 5.95. The van der Waals surface area contributed by atoms with E-state index < -0.39 is 18.7 Å². The smallest absolute Gasteiger partial charge is 0.340 e. The molecule has 0 N–H and O–H groups in total. The second-order valence-corrected chi connectivity index (χ2v) is 6.60. The molecule has 0 spiro atoms. The molecule has 5 heteroatoms. The maximum absolute atomic E-state index is 12.0. The van der Waals surface area contributed by atoms with E-state index in [-0.39, 0.29) is 17.8 Å². The first-order chi connectivity index (χ1) is 14.3. The molecule has 2 rings (SSSR count). The summed E-state index contributed by atoms with van der Waals surface area (Å²) in [5.41, 5.74) is 3.74. The first-order valence-electron chi connectivity index (χ1n) is 9.15. The maximum Gasteiger partial charge on any atom is 0.340 e. The Balaban J connectivity index is 1.96. The number of carbonyl (C=O) groups excluding carboxylic acids is 3. The molecule has 0 bridgehead atoms. The van der Waals surface area contributed by atoms with E-state index >= 15 is 0 Å². The van der Waals surface area contributed by atoms with E-state index in [0.29, 0.717) is 11.1 Å². The minimum absolute atomic E-state index is 0.0632. The molecule has 2 aromatic carbocycles. The first kappa shape index (κ1) is 22.4. The van der Waals surface area contributed by atoms with E-state index in [1.54, 1.807) is 31.2 Å². The molecule has 0 aliphatic rings. The number of Topliss-reactive ketones (excluding diaryl/α,β-unsaturated/α-hetero) is 1. The van der Waals surface area contributed by atoms with Crippen LogP contribution >= 0.6 is 0 Å². The fourth-order valence-corrected chi connectivity index (χ4v) is 2.27. The Morgan fingerprint density at radius 2 is 1.40 bits per heavy atom. The molecule has 0 saturated heterocycles. The van der Waals surface area contributed by atoms with Gasteiger partial charge in [-0.05, 0) is 54.8 Å². The molecule has 5 nitrogen and oxygen atoms in total. The summed E-state index contributed by atoms with van der Waals surface area (Å²) in [5.74, 6) is 4.53. The van der Waals surface area contributed by atoms with Crippen molar-refractivity contribution in [3.05, 3.63) is 84.0 Å². The summed E-state index contributed by atoms with van der Waals surface area (Å²) in [6, 6.07) is 14.4. The van der Waals surface area contributed by atoms with Crippen molar-refractivity contribution in [3.63, 3.8) is 0 Å². The molecule has 0 aliphatic carbocycles. The van der Waals surface area contributed by atoms with Gasteiger partial charge in [-0.3, -0.25) is 4.79 Å². The summed E-state index contributed by atoms with van der Waals surface area (Å²) in [7, 11) is 0. The van der Waals surface area contributed by atoms with E-state index in [1.165, 1.54) is 6.92 Å². The van der Waals surface area contributed by atoms with E-state index in [2.05, 4.69) is 25.0 Å². The predicted molar refractivity (Wildman–Crippen MR) is 114 cm³/mol. The van der Waals surface area contributed by atoms with E-state index in [9.17, 15) is 14.4 Å². The Labute approximate surface area is 176 Å².